The van der Waals surface area contributed by atoms with Crippen LogP contribution in [0, 0.1) is 0 Å². The van der Waals surface area contributed by atoms with Crippen LogP contribution in [0.1, 0.15) is 193 Å². The first-order valence-electron chi connectivity index (χ1n) is 39.5. The number of anilines is 5. The number of ketones is 2. The van der Waals surface area contributed by atoms with Crippen molar-refractivity contribution < 1.29 is 81.8 Å². The number of aliphatic carboxylic acids is 1. The van der Waals surface area contributed by atoms with Crippen LogP contribution in [0.4, 0.5) is 33.2 Å². The highest BCUT2D eigenvalue weighted by Gasteiger charge is 2.47. The number of alkyl carbamates (subject to hydrolysis) is 1. The first-order valence-corrected chi connectivity index (χ1v) is 41.2. The molecule has 2 atom stereocenters. The maximum absolute atomic E-state index is 13.3. The third-order valence-corrected chi connectivity index (χ3v) is 21.8. The second-order valence-corrected chi connectivity index (χ2v) is 31.4. The van der Waals surface area contributed by atoms with Crippen LogP contribution in [0.2, 0.25) is 0 Å². The normalized spacial score (nSPS) is 14.7. The van der Waals surface area contributed by atoms with Gasteiger partial charge in [0, 0.05) is 121 Å². The van der Waals surface area contributed by atoms with E-state index in [1.54, 1.807) is 49.4 Å². The molecule has 0 spiro atoms. The van der Waals surface area contributed by atoms with Crippen molar-refractivity contribution in [2.45, 2.75) is 128 Å². The van der Waals surface area contributed by atoms with Gasteiger partial charge in [-0.3, -0.25) is 97.5 Å². The Labute approximate surface area is 707 Å². The molecule has 34 heteroatoms. The second-order valence-electron chi connectivity index (χ2n) is 29.7. The highest BCUT2D eigenvalue weighted by molar-refractivity contribution is 7.13. The summed E-state index contributed by atoms with van der Waals surface area (Å²) in [6.07, 6.45) is 8.17. The van der Waals surface area contributed by atoms with Gasteiger partial charge >= 0.3 is 12.1 Å². The Hall–Kier alpha value is -14.2. The molecule has 0 aliphatic carbocycles. The summed E-state index contributed by atoms with van der Waals surface area (Å²) in [6, 6.07) is 37.8. The molecule has 0 radical (unpaired) electrons. The maximum Gasteiger partial charge on any atom is 0.407 e. The van der Waals surface area contributed by atoms with Gasteiger partial charge in [0.05, 0.1) is 55.8 Å². The average Bonchev–Trinajstić information content (AvgIpc) is 1.59. The minimum Gasteiger partial charge on any atom is -0.480 e. The number of nitrogens with one attached hydrogen (secondary N) is 9. The molecule has 32 nitrogen and oxygen atoms in total. The predicted octanol–water partition coefficient (Wildman–Crippen LogP) is 11.7. The maximum atomic E-state index is 13.3. The number of benzene rings is 6. The monoisotopic (exact) mass is 1690 g/mol. The summed E-state index contributed by atoms with van der Waals surface area (Å²) >= 11 is 2.77. The van der Waals surface area contributed by atoms with Gasteiger partial charge in [0.25, 0.3) is 35.4 Å². The summed E-state index contributed by atoms with van der Waals surface area (Å²) in [6.45, 7) is 5.97. The standard InChI is InChI=1S/C42H39N7O7S.C31H35N5O4S.C15H13N3O6/c1-43-38(53)29-22-45-30-16-14-25(21-28(30)37(29)46-26-10-4-2-5-11-26)40-47-31(23-57-40)33(50)13-6-3-7-20-44-34(51)18-15-24-9-8-12-27-36(24)42(56)49(41(27)55)32-17-19-35(52)48-39(32)54;1-31(2,3)40-30(39)33-16-10-6-9-13-26(37)25-19-41-29(36-25)20-14-15-24-22(17-20)27(23(18-34-24)28(38)32-4)35-21-11-7-5-8-12-21;19-10-5-4-9(13(22)17-10)18-14(23)7-2-1-3-8(12(7)15(18)24)16-6-11(20)21/h2,4-5,8-12,14,16,21-23,32H,3,6-7,13,15,17-20H2,1H3,(H,43,53)(H,44,51)(H,45,46)(H,48,52,54);5,7-8,11-12,14-15,17-19H,6,9-10,13,16H2,1-4H3,(H,32,38)(H,33,39)(H,34,35);1-3,9,16H,4-6H2,(H,20,21)(H,17,19,22). The first kappa shape index (κ1) is 87.2. The zero-order valence-electron chi connectivity index (χ0n) is 67.2. The van der Waals surface area contributed by atoms with E-state index >= 15 is 0 Å². The van der Waals surface area contributed by atoms with Crippen molar-refractivity contribution in [3.63, 3.8) is 0 Å². The second kappa shape index (κ2) is 39.6. The van der Waals surface area contributed by atoms with E-state index in [0.29, 0.717) is 107 Å². The Morgan fingerprint density at radius 2 is 1.00 bits per heavy atom. The summed E-state index contributed by atoms with van der Waals surface area (Å²) in [5, 5.41) is 39.8. The van der Waals surface area contributed by atoms with Crippen molar-refractivity contribution >= 4 is 162 Å². The number of hydrogen-bond acceptors (Lipinski definition) is 25. The number of ether oxygens (including phenoxy) is 1. The summed E-state index contributed by atoms with van der Waals surface area (Å²) in [4.78, 5) is 205. The van der Waals surface area contributed by atoms with E-state index in [1.165, 1.54) is 46.9 Å². The molecule has 2 fully saturated rings. The van der Waals surface area contributed by atoms with Crippen LogP contribution in [0.5, 0.6) is 0 Å². The van der Waals surface area contributed by atoms with Gasteiger partial charge < -0.3 is 47.1 Å². The van der Waals surface area contributed by atoms with Crippen LogP contribution in [0.15, 0.2) is 157 Å². The average molecular weight is 1690 g/mol. The van der Waals surface area contributed by atoms with Crippen LogP contribution in [0.3, 0.4) is 0 Å². The van der Waals surface area contributed by atoms with Crippen molar-refractivity contribution in [2.75, 3.05) is 49.7 Å². The number of carbonyl (C=O) groups excluding carboxylic acids is 14. The number of hydrogen-bond donors (Lipinski definition) is 10. The van der Waals surface area contributed by atoms with Gasteiger partial charge in [-0.15, -0.1) is 22.7 Å². The van der Waals surface area contributed by atoms with Crippen LogP contribution < -0.4 is 47.9 Å². The number of para-hydroxylation sites is 2. The highest BCUT2D eigenvalue weighted by atomic mass is 32.1. The number of amides is 12. The van der Waals surface area contributed by atoms with E-state index < -0.39 is 83.5 Å². The lowest BCUT2D eigenvalue weighted by atomic mass is 9.99. The number of carboxylic acid groups (broad SMARTS) is 1. The molecule has 10 N–H and O–H groups in total. The number of unbranched alkanes of at least 4 members (excludes halogenated alkanes) is 4. The number of imide groups is 4. The van der Waals surface area contributed by atoms with Gasteiger partial charge in [0.15, 0.2) is 11.6 Å². The van der Waals surface area contributed by atoms with E-state index in [0.717, 1.165) is 61.4 Å². The largest absolute Gasteiger partial charge is 0.480 e. The molecule has 122 heavy (non-hydrogen) atoms. The number of rotatable bonds is 30. The number of piperidine rings is 2. The third-order valence-electron chi connectivity index (χ3n) is 20.1. The molecule has 4 aromatic heterocycles. The van der Waals surface area contributed by atoms with Crippen LogP contribution in [-0.4, -0.2) is 175 Å². The molecule has 628 valence electrons. The van der Waals surface area contributed by atoms with Crippen molar-refractivity contribution in [3.05, 3.63) is 207 Å². The topological polar surface area (TPSA) is 452 Å². The molecule has 4 aliphatic heterocycles. The third kappa shape index (κ3) is 21.1. The van der Waals surface area contributed by atoms with Gasteiger partial charge in [-0.25, -0.2) is 14.8 Å². The van der Waals surface area contributed by atoms with E-state index in [-0.39, 0.29) is 95.8 Å². The van der Waals surface area contributed by atoms with Crippen molar-refractivity contribution in [1.29, 1.82) is 0 Å². The van der Waals surface area contributed by atoms with Gasteiger partial charge in [0.1, 0.15) is 45.6 Å². The molecule has 0 bridgehead atoms. The van der Waals surface area contributed by atoms with Gasteiger partial charge in [0.2, 0.25) is 29.5 Å². The quantitative estimate of drug-likeness (QED) is 0.0114. The number of fused-ring (bicyclic) bond motifs is 4. The summed E-state index contributed by atoms with van der Waals surface area (Å²) in [7, 11) is 3.16. The predicted molar refractivity (Wildman–Crippen MR) is 455 cm³/mol. The van der Waals surface area contributed by atoms with Gasteiger partial charge in [-0.2, -0.15) is 0 Å². The molecule has 4 aliphatic rings. The number of aromatic nitrogens is 4. The molecule has 6 aromatic carbocycles. The number of carboxylic acids is 1. The summed E-state index contributed by atoms with van der Waals surface area (Å²) in [5.74, 6) is -6.70. The summed E-state index contributed by atoms with van der Waals surface area (Å²) in [5.41, 5.74) is 8.36. The molecule has 12 amide bonds. The Morgan fingerprint density at radius 1 is 0.533 bits per heavy atom. The lowest BCUT2D eigenvalue weighted by molar-refractivity contribution is -0.137. The smallest absolute Gasteiger partial charge is 0.407 e. The number of nitrogens with zero attached hydrogens (tertiary/aromatic N) is 6. The highest BCUT2D eigenvalue weighted by Crippen LogP contribution is 2.39. The lowest BCUT2D eigenvalue weighted by Crippen LogP contribution is -2.54. The SMILES string of the molecule is CNC(=O)c1cnc2ccc(-c3nc(C(=O)CCCCCNC(=O)CCc4cccc5c4C(=O)N(C4CCC(=O)NC4=O)C5=O)cs3)cc2c1Nc1ccccc1.CNC(=O)c1cnc2ccc(-c3nc(C(=O)CCCCCNC(=O)OC(C)(C)C)cs3)cc2c1Nc1ccccc1.O=C(O)CNc1cccc2c1C(=O)N(C1CCC(=O)NC1=O)C2=O. The zero-order chi connectivity index (χ0) is 86.9. The number of thiazole rings is 2. The molecule has 0 saturated carbocycles. The Kier molecular flexibility index (Phi) is 28.3. The molecule has 2 unspecified atom stereocenters. The molecular formula is C88H87N15O17S2. The van der Waals surface area contributed by atoms with Crippen LogP contribution >= 0.6 is 22.7 Å². The van der Waals surface area contributed by atoms with Crippen LogP contribution in [0.25, 0.3) is 42.9 Å². The van der Waals surface area contributed by atoms with Gasteiger partial charge in [-0.1, -0.05) is 67.4 Å². The molecule has 8 heterocycles. The minimum absolute atomic E-state index is 0.0107. The number of Topliss-reactive ketones (excluding diaryl/α,β-unsaturated/α-hetero) is 2. The minimum atomic E-state index is -1.12. The number of pyridine rings is 2. The number of carbonyl (C=O) groups is 15. The van der Waals surface area contributed by atoms with E-state index in [9.17, 15) is 71.9 Å². The van der Waals surface area contributed by atoms with Gasteiger partial charge in [-0.05, 0) is 150 Å². The Bertz CT molecular complexity index is 5790. The Balaban J connectivity index is 0.000000182. The first-order chi connectivity index (χ1) is 58.7. The van der Waals surface area contributed by atoms with E-state index in [2.05, 4.69) is 67.8 Å². The van der Waals surface area contributed by atoms with Crippen molar-refractivity contribution in [3.8, 4) is 21.1 Å². The van der Waals surface area contributed by atoms with Crippen molar-refractivity contribution in [1.82, 2.24) is 61.6 Å². The number of aryl methyl sites for hydroxylation is 1. The fourth-order valence-electron chi connectivity index (χ4n) is 14.1. The van der Waals surface area contributed by atoms with Crippen molar-refractivity contribution in [2.24, 2.45) is 0 Å². The fraction of sp³-hybridized carbons (Fsp3) is 0.284. The zero-order valence-corrected chi connectivity index (χ0v) is 68.8. The molecular weight excluding hydrogens is 1600 g/mol. The fourth-order valence-corrected chi connectivity index (χ4v) is 15.7. The van der Waals surface area contributed by atoms with E-state index in [4.69, 9.17) is 9.84 Å². The molecule has 14 rings (SSSR count). The lowest BCUT2D eigenvalue weighted by Gasteiger charge is -2.27. The molecule has 2 saturated heterocycles. The van der Waals surface area contributed by atoms with E-state index in [1.807, 2.05) is 118 Å². The van der Waals surface area contributed by atoms with Crippen LogP contribution in [-0.2, 0) is 39.9 Å². The molecule has 10 aromatic rings. The Morgan fingerprint density at radius 3 is 1.47 bits per heavy atom. The summed E-state index contributed by atoms with van der Waals surface area (Å²) < 4.78 is 5.22.